The second kappa shape index (κ2) is 18.2. The Morgan fingerprint density at radius 2 is 1.58 bits per heavy atom. The number of aromatic amines is 2. The van der Waals surface area contributed by atoms with Crippen LogP contribution < -0.4 is 16.0 Å². The Morgan fingerprint density at radius 1 is 0.962 bits per heavy atom. The van der Waals surface area contributed by atoms with E-state index in [0.29, 0.717) is 31.3 Å². The van der Waals surface area contributed by atoms with Gasteiger partial charge in [0.1, 0.15) is 24.2 Å². The van der Waals surface area contributed by atoms with Crippen LogP contribution in [0.5, 0.6) is 0 Å². The van der Waals surface area contributed by atoms with E-state index in [0.717, 1.165) is 46.5 Å². The van der Waals surface area contributed by atoms with E-state index in [1.165, 1.54) is 20.3 Å². The van der Waals surface area contributed by atoms with E-state index in [-0.39, 0.29) is 30.9 Å². The molecule has 1 saturated heterocycles. The fourth-order valence-electron chi connectivity index (χ4n) is 5.82. The lowest BCUT2D eigenvalue weighted by molar-refractivity contribution is -0.133. The van der Waals surface area contributed by atoms with Crippen molar-refractivity contribution >= 4 is 24.0 Å². The third-order valence-corrected chi connectivity index (χ3v) is 8.67. The predicted molar refractivity (Wildman–Crippen MR) is 197 cm³/mol. The highest BCUT2D eigenvalue weighted by molar-refractivity contribution is 5.87. The average molecular weight is 722 g/mol. The molecule has 0 bridgehead atoms. The number of alkyl carbamates (subject to hydrolysis) is 2. The van der Waals surface area contributed by atoms with Crippen LogP contribution in [0.3, 0.4) is 0 Å². The smallest absolute Gasteiger partial charge is 0.407 e. The lowest BCUT2D eigenvalue weighted by Gasteiger charge is -2.25. The maximum absolute atomic E-state index is 13.2. The van der Waals surface area contributed by atoms with Gasteiger partial charge in [0, 0.05) is 30.8 Å². The van der Waals surface area contributed by atoms with E-state index in [2.05, 4.69) is 63.8 Å². The lowest BCUT2D eigenvalue weighted by Crippen LogP contribution is -2.48. The highest BCUT2D eigenvalue weighted by atomic mass is 16.5. The monoisotopic (exact) mass is 721 g/mol. The number of amides is 4. The van der Waals surface area contributed by atoms with Gasteiger partial charge < -0.3 is 45.2 Å². The Morgan fingerprint density at radius 3 is 2.19 bits per heavy atom. The molecule has 2 aromatic carbocycles. The van der Waals surface area contributed by atoms with Crippen LogP contribution in [0.1, 0.15) is 41.7 Å². The van der Waals surface area contributed by atoms with Crippen LogP contribution in [-0.4, -0.2) is 107 Å². The van der Waals surface area contributed by atoms with E-state index in [4.69, 9.17) is 0 Å². The van der Waals surface area contributed by atoms with Gasteiger partial charge in [0.25, 0.3) is 0 Å². The molecule has 0 aliphatic carbocycles. The maximum atomic E-state index is 13.2. The van der Waals surface area contributed by atoms with Crippen molar-refractivity contribution in [2.24, 2.45) is 0 Å². The first-order valence-electron chi connectivity index (χ1n) is 17.1. The summed E-state index contributed by atoms with van der Waals surface area (Å²) in [6.45, 7) is 5.28. The van der Waals surface area contributed by atoms with Gasteiger partial charge >= 0.3 is 12.2 Å². The molecule has 5 rings (SSSR count). The number of nitrogens with zero attached hydrogens (tertiary/aromatic N) is 4. The third-order valence-electron chi connectivity index (χ3n) is 8.67. The SMILES string of the molecule is C=C[C@H](NC(=O)OC)C(=O)N(CCNC)Cc1ncc(-c2ccc(C#Cc3ccc(-c4cnc([C@@H]5CCCN5C(=O)CNC(=O)OC)[nH]4)cc3)cc2)[nH]1. The summed E-state index contributed by atoms with van der Waals surface area (Å²) in [4.78, 5) is 68.0. The minimum absolute atomic E-state index is 0.131. The van der Waals surface area contributed by atoms with Gasteiger partial charge in [-0.25, -0.2) is 19.6 Å². The second-order valence-electron chi connectivity index (χ2n) is 12.1. The van der Waals surface area contributed by atoms with Gasteiger partial charge in [-0.2, -0.15) is 0 Å². The van der Waals surface area contributed by atoms with Crippen molar-refractivity contribution in [3.05, 3.63) is 96.4 Å². The average Bonchev–Trinajstić information content (AvgIpc) is 3.98. The largest absolute Gasteiger partial charge is 0.453 e. The second-order valence-corrected chi connectivity index (χ2v) is 12.1. The number of hydrogen-bond donors (Lipinski definition) is 5. The van der Waals surface area contributed by atoms with Crippen LogP contribution in [0.15, 0.2) is 73.6 Å². The number of ether oxygens (including phenoxy) is 2. The number of H-pyrrole nitrogens is 2. The fraction of sp³-hybridized carbons (Fsp3) is 0.316. The first-order chi connectivity index (χ1) is 25.7. The normalized spacial score (nSPS) is 14.0. The molecule has 0 spiro atoms. The molecule has 276 valence electrons. The van der Waals surface area contributed by atoms with Gasteiger partial charge in [0.2, 0.25) is 11.8 Å². The van der Waals surface area contributed by atoms with Crippen molar-refractivity contribution in [2.75, 3.05) is 47.4 Å². The molecular formula is C38H43N9O6. The van der Waals surface area contributed by atoms with E-state index < -0.39 is 18.2 Å². The summed E-state index contributed by atoms with van der Waals surface area (Å²) in [5.74, 6) is 7.19. The number of carbonyl (C=O) groups excluding carboxylic acids is 4. The summed E-state index contributed by atoms with van der Waals surface area (Å²) in [5.41, 5.74) is 5.15. The van der Waals surface area contributed by atoms with Crippen molar-refractivity contribution in [3.63, 3.8) is 0 Å². The first kappa shape index (κ1) is 37.8. The molecule has 2 aromatic heterocycles. The fourth-order valence-corrected chi connectivity index (χ4v) is 5.82. The summed E-state index contributed by atoms with van der Waals surface area (Å²) < 4.78 is 9.19. The van der Waals surface area contributed by atoms with Crippen LogP contribution in [-0.2, 0) is 25.6 Å². The number of carbonyl (C=O) groups is 4. The minimum Gasteiger partial charge on any atom is -0.453 e. The molecule has 15 nitrogen and oxygen atoms in total. The zero-order valence-electron chi connectivity index (χ0n) is 29.9. The van der Waals surface area contributed by atoms with Crippen molar-refractivity contribution in [1.82, 2.24) is 45.7 Å². The third kappa shape index (κ3) is 9.89. The molecule has 5 N–H and O–H groups in total. The maximum Gasteiger partial charge on any atom is 0.407 e. The van der Waals surface area contributed by atoms with E-state index >= 15 is 0 Å². The predicted octanol–water partition coefficient (Wildman–Crippen LogP) is 3.34. The van der Waals surface area contributed by atoms with Crippen molar-refractivity contribution in [3.8, 4) is 34.4 Å². The number of nitrogens with one attached hydrogen (secondary N) is 5. The summed E-state index contributed by atoms with van der Waals surface area (Å²) in [5, 5.41) is 7.97. The quantitative estimate of drug-likeness (QED) is 0.102. The molecule has 0 saturated carbocycles. The van der Waals surface area contributed by atoms with Crippen molar-refractivity contribution < 1.29 is 28.7 Å². The van der Waals surface area contributed by atoms with Crippen LogP contribution >= 0.6 is 0 Å². The van der Waals surface area contributed by atoms with E-state index in [1.807, 2.05) is 48.5 Å². The Kier molecular flexibility index (Phi) is 13.0. The number of aromatic nitrogens is 4. The van der Waals surface area contributed by atoms with Crippen LogP contribution in [0, 0.1) is 11.8 Å². The molecule has 1 aliphatic heterocycles. The van der Waals surface area contributed by atoms with Crippen LogP contribution in [0.25, 0.3) is 22.5 Å². The zero-order valence-corrected chi connectivity index (χ0v) is 29.9. The van der Waals surface area contributed by atoms with Gasteiger partial charge in [0.05, 0.1) is 50.6 Å². The zero-order chi connectivity index (χ0) is 37.7. The number of hydrogen-bond acceptors (Lipinski definition) is 9. The molecule has 2 atom stereocenters. The summed E-state index contributed by atoms with van der Waals surface area (Å²) in [6.07, 6.45) is 5.10. The van der Waals surface area contributed by atoms with Gasteiger partial charge in [0.15, 0.2) is 0 Å². The summed E-state index contributed by atoms with van der Waals surface area (Å²) in [7, 11) is 4.28. The Bertz CT molecular complexity index is 1960. The Balaban J connectivity index is 1.19. The summed E-state index contributed by atoms with van der Waals surface area (Å²) in [6, 6.07) is 14.5. The van der Waals surface area contributed by atoms with Crippen LogP contribution in [0.4, 0.5) is 9.59 Å². The number of likely N-dealkylation sites (N-methyl/N-ethyl adjacent to an activating group) is 1. The first-order valence-corrected chi connectivity index (χ1v) is 17.1. The minimum atomic E-state index is -0.941. The Labute approximate surface area is 307 Å². The molecule has 0 radical (unpaired) electrons. The molecule has 4 amide bonds. The molecule has 1 fully saturated rings. The Hall–Kier alpha value is -6.40. The molecule has 0 unspecified atom stereocenters. The molecule has 15 heteroatoms. The number of likely N-dealkylation sites (tertiary alicyclic amines) is 1. The van der Waals surface area contributed by atoms with Gasteiger partial charge in [-0.1, -0.05) is 42.2 Å². The number of rotatable bonds is 13. The lowest BCUT2D eigenvalue weighted by atomic mass is 10.1. The summed E-state index contributed by atoms with van der Waals surface area (Å²) >= 11 is 0. The molecular weight excluding hydrogens is 678 g/mol. The number of methoxy groups -OCH3 is 2. The topological polar surface area (TPSA) is 187 Å². The molecule has 53 heavy (non-hydrogen) atoms. The van der Waals surface area contributed by atoms with Crippen molar-refractivity contribution in [1.29, 1.82) is 0 Å². The van der Waals surface area contributed by atoms with Gasteiger partial charge in [-0.05, 0) is 55.3 Å². The van der Waals surface area contributed by atoms with Crippen LogP contribution in [0.2, 0.25) is 0 Å². The highest BCUT2D eigenvalue weighted by Crippen LogP contribution is 2.31. The van der Waals surface area contributed by atoms with Crippen molar-refractivity contribution in [2.45, 2.75) is 31.5 Å². The molecule has 1 aliphatic rings. The highest BCUT2D eigenvalue weighted by Gasteiger charge is 2.32. The van der Waals surface area contributed by atoms with E-state index in [1.54, 1.807) is 29.2 Å². The number of benzene rings is 2. The van der Waals surface area contributed by atoms with Gasteiger partial charge in [-0.15, -0.1) is 6.58 Å². The number of imidazole rings is 2. The molecule has 4 aromatic rings. The molecule has 3 heterocycles. The van der Waals surface area contributed by atoms with Gasteiger partial charge in [-0.3, -0.25) is 9.59 Å². The van der Waals surface area contributed by atoms with E-state index in [9.17, 15) is 19.2 Å². The standard InChI is InChI=1S/C38H43N9O6/c1-5-29(45-38(51)53-4)36(49)46(20-18-39-2)24-33-40-21-30(43-33)27-14-10-25(11-15-27)8-9-26-12-16-28(17-13-26)31-22-41-35(44-31)32-7-6-19-47(32)34(48)23-42-37(50)52-3/h5,10-17,21-22,29,32,39H,1,6-7,18-20,23-24H2,2-4H3,(H,40,43)(H,41,44)(H,42,50)(H,45,51)/t29-,32-/m0/s1.